The molecule has 0 atom stereocenters. The predicted octanol–water partition coefficient (Wildman–Crippen LogP) is 4.36. The van der Waals surface area contributed by atoms with Crippen molar-refractivity contribution >= 4 is 53.0 Å². The van der Waals surface area contributed by atoms with Gasteiger partial charge >= 0.3 is 0 Å². The summed E-state index contributed by atoms with van der Waals surface area (Å²) in [5.74, 6) is 1.49. The van der Waals surface area contributed by atoms with Gasteiger partial charge in [0.2, 0.25) is 0 Å². The van der Waals surface area contributed by atoms with Crippen molar-refractivity contribution in [3.63, 3.8) is 0 Å². The lowest BCUT2D eigenvalue weighted by Crippen LogP contribution is -2.38. The first kappa shape index (κ1) is 22.2. The Labute approximate surface area is 174 Å². The monoisotopic (exact) mass is 494 g/mol. The first-order valence-corrected chi connectivity index (χ1v) is 9.72. The van der Waals surface area contributed by atoms with E-state index in [1.54, 1.807) is 35.2 Å². The molecule has 4 nitrogen and oxygen atoms in total. The minimum absolute atomic E-state index is 0. The third-order valence-corrected chi connectivity index (χ3v) is 5.27. The minimum atomic E-state index is -0.201. The molecule has 25 heavy (non-hydrogen) atoms. The summed E-state index contributed by atoms with van der Waals surface area (Å²) in [6.45, 7) is 8.33. The highest BCUT2D eigenvalue weighted by Gasteiger charge is 2.05. The highest BCUT2D eigenvalue weighted by Crippen LogP contribution is 2.18. The Morgan fingerprint density at radius 2 is 1.96 bits per heavy atom. The number of guanidine groups is 1. The Balaban J connectivity index is 0.00000312. The zero-order valence-corrected chi connectivity index (χ0v) is 18.6. The van der Waals surface area contributed by atoms with Crippen LogP contribution in [0.25, 0.3) is 0 Å². The number of hydrogen-bond donors (Lipinski definition) is 2. The lowest BCUT2D eigenvalue weighted by molar-refractivity contribution is 0.626. The molecular weight excluding hydrogens is 470 g/mol. The summed E-state index contributed by atoms with van der Waals surface area (Å²) >= 11 is 3.38. The third-order valence-electron chi connectivity index (χ3n) is 3.20. The second-order valence-corrected chi connectivity index (χ2v) is 7.62. The standard InChI is InChI=1S/C17H23FN4S2.HI/c1-4-19-17(21-11-16-12(2)22-13(3)24-16)20-9-10-23-15-7-5-14(18)6-8-15;/h5-8H,4,9-11H2,1-3H3,(H2,19,20,21);1H. The van der Waals surface area contributed by atoms with Crippen LogP contribution in [-0.2, 0) is 6.54 Å². The molecule has 138 valence electrons. The van der Waals surface area contributed by atoms with Gasteiger partial charge in [0.15, 0.2) is 5.96 Å². The average Bonchev–Trinajstić information content (AvgIpc) is 2.88. The van der Waals surface area contributed by atoms with Gasteiger partial charge < -0.3 is 10.6 Å². The maximum Gasteiger partial charge on any atom is 0.191 e. The molecule has 0 aliphatic carbocycles. The third kappa shape index (κ3) is 7.91. The second kappa shape index (κ2) is 11.7. The van der Waals surface area contributed by atoms with Gasteiger partial charge in [-0.2, -0.15) is 0 Å². The van der Waals surface area contributed by atoms with Crippen LogP contribution >= 0.6 is 47.1 Å². The number of aryl methyl sites for hydroxylation is 2. The van der Waals surface area contributed by atoms with E-state index >= 15 is 0 Å². The average molecular weight is 494 g/mol. The van der Waals surface area contributed by atoms with Crippen molar-refractivity contribution in [2.24, 2.45) is 4.99 Å². The van der Waals surface area contributed by atoms with E-state index in [1.807, 2.05) is 20.8 Å². The second-order valence-electron chi connectivity index (χ2n) is 5.17. The van der Waals surface area contributed by atoms with Crippen molar-refractivity contribution in [3.8, 4) is 0 Å². The van der Waals surface area contributed by atoms with Crippen LogP contribution in [0.2, 0.25) is 0 Å². The van der Waals surface area contributed by atoms with Crippen molar-refractivity contribution in [2.45, 2.75) is 32.2 Å². The molecule has 0 fully saturated rings. The number of aromatic nitrogens is 1. The van der Waals surface area contributed by atoms with Gasteiger partial charge in [-0.05, 0) is 45.0 Å². The normalized spacial score (nSPS) is 11.1. The summed E-state index contributed by atoms with van der Waals surface area (Å²) < 4.78 is 12.9. The fraction of sp³-hybridized carbons (Fsp3) is 0.412. The Morgan fingerprint density at radius 3 is 2.56 bits per heavy atom. The molecule has 0 saturated carbocycles. The number of halogens is 2. The smallest absolute Gasteiger partial charge is 0.191 e. The van der Waals surface area contributed by atoms with Gasteiger partial charge in [-0.3, -0.25) is 0 Å². The van der Waals surface area contributed by atoms with Crippen molar-refractivity contribution in [1.82, 2.24) is 15.6 Å². The molecule has 0 radical (unpaired) electrons. The molecule has 1 aromatic heterocycles. The van der Waals surface area contributed by atoms with E-state index in [2.05, 4.69) is 20.6 Å². The van der Waals surface area contributed by atoms with Crippen LogP contribution in [0.1, 0.15) is 22.5 Å². The van der Waals surface area contributed by atoms with E-state index < -0.39 is 0 Å². The molecule has 2 N–H and O–H groups in total. The van der Waals surface area contributed by atoms with Crippen molar-refractivity contribution in [2.75, 3.05) is 18.8 Å². The van der Waals surface area contributed by atoms with Crippen LogP contribution in [0.15, 0.2) is 34.2 Å². The van der Waals surface area contributed by atoms with Crippen molar-refractivity contribution in [1.29, 1.82) is 0 Å². The zero-order chi connectivity index (χ0) is 17.4. The van der Waals surface area contributed by atoms with E-state index in [4.69, 9.17) is 0 Å². The van der Waals surface area contributed by atoms with Crippen LogP contribution in [-0.4, -0.2) is 29.8 Å². The van der Waals surface area contributed by atoms with E-state index in [9.17, 15) is 4.39 Å². The van der Waals surface area contributed by atoms with Gasteiger partial charge in [0.1, 0.15) is 5.82 Å². The van der Waals surface area contributed by atoms with Crippen LogP contribution in [0.3, 0.4) is 0 Å². The number of thiazole rings is 1. The summed E-state index contributed by atoms with van der Waals surface area (Å²) in [4.78, 5) is 11.3. The SMILES string of the molecule is CCNC(=NCc1sc(C)nc1C)NCCSc1ccc(F)cc1.I. The molecule has 1 aromatic carbocycles. The highest BCUT2D eigenvalue weighted by molar-refractivity contribution is 14.0. The molecule has 8 heteroatoms. The van der Waals surface area contributed by atoms with Gasteiger partial charge in [-0.25, -0.2) is 14.4 Å². The Morgan fingerprint density at radius 1 is 1.24 bits per heavy atom. The van der Waals surface area contributed by atoms with Gasteiger partial charge in [-0.1, -0.05) is 0 Å². The van der Waals surface area contributed by atoms with Crippen LogP contribution < -0.4 is 10.6 Å². The molecule has 0 aliphatic rings. The molecular formula is C17H24FIN4S2. The quantitative estimate of drug-likeness (QED) is 0.198. The van der Waals surface area contributed by atoms with Crippen LogP contribution in [0, 0.1) is 19.7 Å². The Bertz CT molecular complexity index is 674. The molecule has 0 saturated heterocycles. The predicted molar refractivity (Wildman–Crippen MR) is 117 cm³/mol. The maximum absolute atomic E-state index is 12.9. The lowest BCUT2D eigenvalue weighted by atomic mass is 10.4. The lowest BCUT2D eigenvalue weighted by Gasteiger charge is -2.11. The fourth-order valence-electron chi connectivity index (χ4n) is 2.08. The van der Waals surface area contributed by atoms with Crippen LogP contribution in [0.4, 0.5) is 4.39 Å². The molecule has 1 heterocycles. The number of nitrogens with one attached hydrogen (secondary N) is 2. The van der Waals surface area contributed by atoms with Gasteiger partial charge in [0.05, 0.1) is 17.2 Å². The van der Waals surface area contributed by atoms with Crippen LogP contribution in [0.5, 0.6) is 0 Å². The summed E-state index contributed by atoms with van der Waals surface area (Å²) in [7, 11) is 0. The number of benzene rings is 1. The molecule has 0 spiro atoms. The van der Waals surface area contributed by atoms with Gasteiger partial charge in [0, 0.05) is 28.6 Å². The summed E-state index contributed by atoms with van der Waals surface area (Å²) in [6, 6.07) is 6.57. The number of hydrogen-bond acceptors (Lipinski definition) is 4. The topological polar surface area (TPSA) is 49.3 Å². The van der Waals surface area contributed by atoms with E-state index in [1.165, 1.54) is 17.0 Å². The Hall–Kier alpha value is -0.870. The van der Waals surface area contributed by atoms with E-state index in [0.29, 0.717) is 6.54 Å². The molecule has 0 bridgehead atoms. The fourth-order valence-corrected chi connectivity index (χ4v) is 3.71. The van der Waals surface area contributed by atoms with Crippen molar-refractivity contribution in [3.05, 3.63) is 45.7 Å². The zero-order valence-electron chi connectivity index (χ0n) is 14.6. The first-order chi connectivity index (χ1) is 11.6. The largest absolute Gasteiger partial charge is 0.357 e. The summed E-state index contributed by atoms with van der Waals surface area (Å²) in [5.41, 5.74) is 1.06. The molecule has 0 aliphatic heterocycles. The first-order valence-electron chi connectivity index (χ1n) is 7.92. The van der Waals surface area contributed by atoms with E-state index in [-0.39, 0.29) is 29.8 Å². The highest BCUT2D eigenvalue weighted by atomic mass is 127. The molecule has 2 aromatic rings. The number of nitrogens with zero attached hydrogens (tertiary/aromatic N) is 2. The number of rotatable bonds is 7. The van der Waals surface area contributed by atoms with Gasteiger partial charge in [0.25, 0.3) is 0 Å². The molecule has 0 unspecified atom stereocenters. The van der Waals surface area contributed by atoms with Crippen molar-refractivity contribution < 1.29 is 4.39 Å². The van der Waals surface area contributed by atoms with Gasteiger partial charge in [-0.15, -0.1) is 47.1 Å². The maximum atomic E-state index is 12.9. The number of thioether (sulfide) groups is 1. The minimum Gasteiger partial charge on any atom is -0.357 e. The summed E-state index contributed by atoms with van der Waals surface area (Å²) in [5, 5.41) is 7.65. The summed E-state index contributed by atoms with van der Waals surface area (Å²) in [6.07, 6.45) is 0. The molecule has 0 amide bonds. The van der Waals surface area contributed by atoms with E-state index in [0.717, 1.165) is 40.4 Å². The number of aliphatic imine (C=N–C) groups is 1. The Kier molecular flexibility index (Phi) is 10.4. The molecule has 2 rings (SSSR count).